The summed E-state index contributed by atoms with van der Waals surface area (Å²) in [6.07, 6.45) is 3.45. The smallest absolute Gasteiger partial charge is 0.256 e. The number of hydrogen-bond donors (Lipinski definition) is 2. The van der Waals surface area contributed by atoms with E-state index in [0.29, 0.717) is 16.8 Å². The van der Waals surface area contributed by atoms with E-state index in [0.717, 1.165) is 16.5 Å². The third-order valence-corrected chi connectivity index (χ3v) is 5.75. The van der Waals surface area contributed by atoms with Crippen LogP contribution < -0.4 is 10.0 Å². The molecular weight excluding hydrogens is 350 g/mol. The third kappa shape index (κ3) is 2.67. The van der Waals surface area contributed by atoms with Crippen molar-refractivity contribution in [3.63, 3.8) is 0 Å². The van der Waals surface area contributed by atoms with Crippen molar-refractivity contribution in [1.82, 2.24) is 9.71 Å². The molecule has 2 aromatic carbocycles. The Morgan fingerprint density at radius 2 is 1.92 bits per heavy atom. The Bertz CT molecular complexity index is 1180. The van der Waals surface area contributed by atoms with E-state index in [4.69, 9.17) is 0 Å². The summed E-state index contributed by atoms with van der Waals surface area (Å²) in [5.41, 5.74) is 3.24. The molecule has 0 radical (unpaired) electrons. The van der Waals surface area contributed by atoms with Crippen LogP contribution in [-0.2, 0) is 14.8 Å². The lowest BCUT2D eigenvalue weighted by Crippen LogP contribution is -2.18. The van der Waals surface area contributed by atoms with Crippen molar-refractivity contribution in [3.05, 3.63) is 65.9 Å². The summed E-state index contributed by atoms with van der Waals surface area (Å²) in [5.74, 6) is -0.264. The predicted octanol–water partition coefficient (Wildman–Crippen LogP) is 2.64. The van der Waals surface area contributed by atoms with Gasteiger partial charge in [0.25, 0.3) is 5.91 Å². The average molecular weight is 365 g/mol. The molecule has 26 heavy (non-hydrogen) atoms. The summed E-state index contributed by atoms with van der Waals surface area (Å²) in [4.78, 5) is 16.9. The zero-order valence-electron chi connectivity index (χ0n) is 13.9. The predicted molar refractivity (Wildman–Crippen MR) is 101 cm³/mol. The van der Waals surface area contributed by atoms with Crippen molar-refractivity contribution in [2.75, 3.05) is 12.4 Å². The third-order valence-electron chi connectivity index (χ3n) is 4.34. The van der Waals surface area contributed by atoms with Crippen LogP contribution in [0.25, 0.3) is 22.6 Å². The molecule has 1 aliphatic rings. The van der Waals surface area contributed by atoms with Crippen molar-refractivity contribution < 1.29 is 13.2 Å². The number of amides is 1. The van der Waals surface area contributed by atoms with Crippen molar-refractivity contribution in [3.8, 4) is 0 Å². The van der Waals surface area contributed by atoms with E-state index >= 15 is 0 Å². The van der Waals surface area contributed by atoms with E-state index in [9.17, 15) is 13.2 Å². The number of aromatic nitrogens is 1. The van der Waals surface area contributed by atoms with E-state index in [-0.39, 0.29) is 10.8 Å². The fraction of sp³-hybridized carbons (Fsp3) is 0.0526. The molecule has 0 atom stereocenters. The zero-order chi connectivity index (χ0) is 18.3. The maximum absolute atomic E-state index is 12.4. The highest BCUT2D eigenvalue weighted by Crippen LogP contribution is 2.35. The Hall–Kier alpha value is -3.03. The molecule has 1 amide bonds. The summed E-state index contributed by atoms with van der Waals surface area (Å²) in [6.45, 7) is 0. The molecule has 4 rings (SSSR count). The van der Waals surface area contributed by atoms with Gasteiger partial charge < -0.3 is 5.32 Å². The van der Waals surface area contributed by atoms with Crippen LogP contribution in [-0.4, -0.2) is 26.4 Å². The normalized spacial score (nSPS) is 15.3. The standard InChI is InChI=1S/C19H15N3O3S/c1-20-26(24,25)13-6-7-18-15(11-13)16(19(23)22-18)10-12-8-9-21-17-5-3-2-4-14(12)17/h2-11,20H,1H3,(H,22,23). The summed E-state index contributed by atoms with van der Waals surface area (Å²) in [7, 11) is -2.24. The maximum atomic E-state index is 12.4. The SMILES string of the molecule is CNS(=O)(=O)c1ccc2c(c1)C(=Cc1ccnc3ccccc13)C(=O)N2. The second kappa shape index (κ2) is 6.05. The van der Waals surface area contributed by atoms with Gasteiger partial charge >= 0.3 is 0 Å². The van der Waals surface area contributed by atoms with Gasteiger partial charge in [0.1, 0.15) is 0 Å². The van der Waals surface area contributed by atoms with E-state index < -0.39 is 10.0 Å². The lowest BCUT2D eigenvalue weighted by atomic mass is 10.0. The van der Waals surface area contributed by atoms with Crippen LogP contribution in [0.5, 0.6) is 0 Å². The Labute approximate surface area is 150 Å². The molecule has 0 saturated heterocycles. The van der Waals surface area contributed by atoms with Gasteiger partial charge in [-0.3, -0.25) is 9.78 Å². The van der Waals surface area contributed by atoms with Gasteiger partial charge in [0.2, 0.25) is 10.0 Å². The van der Waals surface area contributed by atoms with E-state index in [1.54, 1.807) is 18.3 Å². The molecule has 0 spiro atoms. The number of hydrogen-bond acceptors (Lipinski definition) is 4. The second-order valence-corrected chi connectivity index (χ2v) is 7.73. The number of rotatable bonds is 3. The van der Waals surface area contributed by atoms with Crippen molar-refractivity contribution in [2.24, 2.45) is 0 Å². The monoisotopic (exact) mass is 365 g/mol. The summed E-state index contributed by atoms with van der Waals surface area (Å²) in [6, 6.07) is 14.1. The molecule has 130 valence electrons. The highest BCUT2D eigenvalue weighted by atomic mass is 32.2. The van der Waals surface area contributed by atoms with Crippen LogP contribution in [0.4, 0.5) is 5.69 Å². The van der Waals surface area contributed by atoms with Crippen molar-refractivity contribution in [1.29, 1.82) is 0 Å². The Morgan fingerprint density at radius 1 is 1.12 bits per heavy atom. The van der Waals surface area contributed by atoms with Crippen LogP contribution in [0.1, 0.15) is 11.1 Å². The van der Waals surface area contributed by atoms with Gasteiger partial charge in [-0.1, -0.05) is 18.2 Å². The van der Waals surface area contributed by atoms with Gasteiger partial charge in [0.05, 0.1) is 10.4 Å². The van der Waals surface area contributed by atoms with Crippen LogP contribution in [0.3, 0.4) is 0 Å². The number of carbonyl (C=O) groups excluding carboxylic acids is 1. The number of nitrogens with one attached hydrogen (secondary N) is 2. The topological polar surface area (TPSA) is 88.2 Å². The number of benzene rings is 2. The number of fused-ring (bicyclic) bond motifs is 2. The maximum Gasteiger partial charge on any atom is 0.256 e. The van der Waals surface area contributed by atoms with Gasteiger partial charge in [0, 0.05) is 28.4 Å². The molecule has 0 unspecified atom stereocenters. The first kappa shape index (κ1) is 16.4. The number of para-hydroxylation sites is 1. The lowest BCUT2D eigenvalue weighted by molar-refractivity contribution is -0.110. The first-order valence-electron chi connectivity index (χ1n) is 7.94. The molecule has 7 heteroatoms. The van der Waals surface area contributed by atoms with Gasteiger partial charge in [-0.15, -0.1) is 0 Å². The quantitative estimate of drug-likeness (QED) is 0.699. The largest absolute Gasteiger partial charge is 0.321 e. The molecule has 0 fully saturated rings. The fourth-order valence-electron chi connectivity index (χ4n) is 2.99. The number of nitrogens with zero attached hydrogens (tertiary/aromatic N) is 1. The molecule has 1 aromatic heterocycles. The van der Waals surface area contributed by atoms with Crippen LogP contribution in [0.15, 0.2) is 59.6 Å². The van der Waals surface area contributed by atoms with Crippen LogP contribution >= 0.6 is 0 Å². The van der Waals surface area contributed by atoms with Crippen molar-refractivity contribution in [2.45, 2.75) is 4.90 Å². The van der Waals surface area contributed by atoms with Gasteiger partial charge in [-0.05, 0) is 49.0 Å². The van der Waals surface area contributed by atoms with Gasteiger partial charge in [0.15, 0.2) is 0 Å². The summed E-state index contributed by atoms with van der Waals surface area (Å²) < 4.78 is 26.4. The molecule has 1 aliphatic heterocycles. The molecule has 6 nitrogen and oxygen atoms in total. The number of anilines is 1. The number of sulfonamides is 1. The minimum atomic E-state index is -3.59. The Kier molecular flexibility index (Phi) is 3.82. The fourth-order valence-corrected chi connectivity index (χ4v) is 3.75. The highest BCUT2D eigenvalue weighted by molar-refractivity contribution is 7.89. The average Bonchev–Trinajstić information content (AvgIpc) is 2.97. The van der Waals surface area contributed by atoms with Crippen LogP contribution in [0.2, 0.25) is 0 Å². The summed E-state index contributed by atoms with van der Waals surface area (Å²) in [5, 5.41) is 3.69. The second-order valence-electron chi connectivity index (χ2n) is 5.84. The van der Waals surface area contributed by atoms with Gasteiger partial charge in [-0.2, -0.15) is 0 Å². The zero-order valence-corrected chi connectivity index (χ0v) is 14.7. The molecule has 2 N–H and O–H groups in total. The van der Waals surface area contributed by atoms with Crippen molar-refractivity contribution >= 4 is 44.2 Å². The highest BCUT2D eigenvalue weighted by Gasteiger charge is 2.26. The minimum Gasteiger partial charge on any atom is -0.321 e. The molecule has 0 aliphatic carbocycles. The Balaban J connectivity index is 1.90. The molecule has 3 aromatic rings. The van der Waals surface area contributed by atoms with E-state index in [1.165, 1.54) is 19.2 Å². The minimum absolute atomic E-state index is 0.112. The Morgan fingerprint density at radius 3 is 2.73 bits per heavy atom. The first-order valence-corrected chi connectivity index (χ1v) is 9.43. The van der Waals surface area contributed by atoms with E-state index in [1.807, 2.05) is 30.3 Å². The van der Waals surface area contributed by atoms with Crippen LogP contribution in [0, 0.1) is 0 Å². The summed E-state index contributed by atoms with van der Waals surface area (Å²) >= 11 is 0. The van der Waals surface area contributed by atoms with Gasteiger partial charge in [-0.25, -0.2) is 13.1 Å². The molecular formula is C19H15N3O3S. The molecule has 0 bridgehead atoms. The lowest BCUT2D eigenvalue weighted by Gasteiger charge is -2.06. The molecule has 0 saturated carbocycles. The van der Waals surface area contributed by atoms with E-state index in [2.05, 4.69) is 15.0 Å². The number of carbonyl (C=O) groups is 1. The number of pyridine rings is 1. The first-order chi connectivity index (χ1) is 12.5. The molecule has 2 heterocycles.